The summed E-state index contributed by atoms with van der Waals surface area (Å²) in [5, 5.41) is 8.28. The summed E-state index contributed by atoms with van der Waals surface area (Å²) in [7, 11) is 0. The molecule has 0 saturated carbocycles. The predicted octanol–water partition coefficient (Wildman–Crippen LogP) is 4.40. The number of carbonyl (C=O) groups excluding carboxylic acids is 1. The molecular weight excluding hydrogens is 322 g/mol. The van der Waals surface area contributed by atoms with Gasteiger partial charge in [0, 0.05) is 36.7 Å². The van der Waals surface area contributed by atoms with Crippen LogP contribution < -0.4 is 0 Å². The predicted molar refractivity (Wildman–Crippen MR) is 97.0 cm³/mol. The van der Waals surface area contributed by atoms with Crippen molar-refractivity contribution in [1.29, 1.82) is 0 Å². The number of rotatable bonds is 5. The van der Waals surface area contributed by atoms with Crippen LogP contribution in [0, 0.1) is 0 Å². The number of nitrogens with zero attached hydrogens (tertiary/aromatic N) is 2. The average molecular weight is 344 g/mol. The lowest BCUT2D eigenvalue weighted by molar-refractivity contribution is -0.132. The summed E-state index contributed by atoms with van der Waals surface area (Å²) in [4.78, 5) is 14.0. The van der Waals surface area contributed by atoms with Gasteiger partial charge in [-0.3, -0.25) is 9.89 Å². The fourth-order valence-corrected chi connectivity index (χ4v) is 3.41. The lowest BCUT2D eigenvalue weighted by Gasteiger charge is -2.31. The number of benzene rings is 1. The molecule has 0 aliphatic carbocycles. The molecular formula is C19H22ClN3O. The van der Waals surface area contributed by atoms with E-state index in [1.807, 2.05) is 29.2 Å². The standard InChI is InChI=1S/C19H22ClN3O/c1-2-3-8-19(24)23-11-9-14(10-12-23)17-13-18(22-21-17)15-6-4-5-7-16(15)20/h2,4-7,13-14H,1,3,8-12H2,(H,21,22). The summed E-state index contributed by atoms with van der Waals surface area (Å²) >= 11 is 6.24. The first-order valence-electron chi connectivity index (χ1n) is 8.38. The van der Waals surface area contributed by atoms with Gasteiger partial charge in [-0.1, -0.05) is 35.9 Å². The third-order valence-electron chi connectivity index (χ3n) is 4.60. The van der Waals surface area contributed by atoms with Crippen LogP contribution in [0.25, 0.3) is 11.3 Å². The zero-order chi connectivity index (χ0) is 16.9. The second kappa shape index (κ2) is 7.67. The van der Waals surface area contributed by atoms with Gasteiger partial charge in [-0.25, -0.2) is 0 Å². The maximum atomic E-state index is 12.1. The van der Waals surface area contributed by atoms with Crippen molar-refractivity contribution < 1.29 is 4.79 Å². The minimum absolute atomic E-state index is 0.231. The zero-order valence-electron chi connectivity index (χ0n) is 13.7. The molecule has 5 heteroatoms. The van der Waals surface area contributed by atoms with Gasteiger partial charge < -0.3 is 4.90 Å². The minimum atomic E-state index is 0.231. The van der Waals surface area contributed by atoms with Crippen LogP contribution >= 0.6 is 11.6 Å². The van der Waals surface area contributed by atoms with Crippen LogP contribution in [0.15, 0.2) is 43.0 Å². The van der Waals surface area contributed by atoms with Gasteiger partial charge in [0.1, 0.15) is 0 Å². The van der Waals surface area contributed by atoms with Crippen molar-refractivity contribution in [3.63, 3.8) is 0 Å². The van der Waals surface area contributed by atoms with Crippen LogP contribution in [0.5, 0.6) is 0 Å². The van der Waals surface area contributed by atoms with Gasteiger partial charge in [0.05, 0.1) is 10.7 Å². The van der Waals surface area contributed by atoms with Gasteiger partial charge >= 0.3 is 0 Å². The minimum Gasteiger partial charge on any atom is -0.343 e. The van der Waals surface area contributed by atoms with Gasteiger partial charge in [-0.2, -0.15) is 5.10 Å². The van der Waals surface area contributed by atoms with Crippen LogP contribution in [-0.2, 0) is 4.79 Å². The van der Waals surface area contributed by atoms with Crippen LogP contribution in [0.1, 0.15) is 37.3 Å². The second-order valence-corrected chi connectivity index (χ2v) is 6.58. The van der Waals surface area contributed by atoms with E-state index in [0.29, 0.717) is 17.4 Å². The van der Waals surface area contributed by atoms with Crippen molar-refractivity contribution in [3.05, 3.63) is 53.7 Å². The molecule has 0 spiro atoms. The van der Waals surface area contributed by atoms with Gasteiger partial charge in [0.15, 0.2) is 0 Å². The number of hydrogen-bond donors (Lipinski definition) is 1. The zero-order valence-corrected chi connectivity index (χ0v) is 14.4. The Morgan fingerprint density at radius 1 is 1.38 bits per heavy atom. The number of aromatic nitrogens is 2. The summed E-state index contributed by atoms with van der Waals surface area (Å²) in [5.41, 5.74) is 2.95. The molecule has 1 saturated heterocycles. The lowest BCUT2D eigenvalue weighted by Crippen LogP contribution is -2.37. The van der Waals surface area contributed by atoms with Crippen molar-refractivity contribution in [2.45, 2.75) is 31.6 Å². The molecule has 0 bridgehead atoms. The highest BCUT2D eigenvalue weighted by molar-refractivity contribution is 6.33. The van der Waals surface area contributed by atoms with E-state index in [4.69, 9.17) is 11.6 Å². The second-order valence-electron chi connectivity index (χ2n) is 6.17. The Hall–Kier alpha value is -2.07. The third kappa shape index (κ3) is 3.70. The van der Waals surface area contributed by atoms with E-state index in [-0.39, 0.29) is 5.91 Å². The molecule has 0 unspecified atom stereocenters. The van der Waals surface area contributed by atoms with Gasteiger partial charge in [0.25, 0.3) is 0 Å². The van der Waals surface area contributed by atoms with E-state index >= 15 is 0 Å². The fourth-order valence-electron chi connectivity index (χ4n) is 3.18. The number of allylic oxidation sites excluding steroid dienone is 1. The molecule has 1 fully saturated rings. The Morgan fingerprint density at radius 3 is 2.83 bits per heavy atom. The summed E-state index contributed by atoms with van der Waals surface area (Å²) < 4.78 is 0. The molecule has 1 N–H and O–H groups in total. The number of aromatic amines is 1. The highest BCUT2D eigenvalue weighted by Crippen LogP contribution is 2.31. The van der Waals surface area contributed by atoms with Crippen LogP contribution in [-0.4, -0.2) is 34.1 Å². The molecule has 0 atom stereocenters. The number of likely N-dealkylation sites (tertiary alicyclic amines) is 1. The molecule has 126 valence electrons. The normalized spacial score (nSPS) is 15.5. The number of nitrogens with one attached hydrogen (secondary N) is 1. The molecule has 2 aromatic rings. The number of piperidine rings is 1. The molecule has 4 nitrogen and oxygen atoms in total. The number of H-pyrrole nitrogens is 1. The first-order chi connectivity index (χ1) is 11.7. The molecule has 0 radical (unpaired) electrons. The Labute approximate surface area is 147 Å². The quantitative estimate of drug-likeness (QED) is 0.818. The molecule has 1 aromatic heterocycles. The number of amides is 1. The molecule has 1 aliphatic heterocycles. The molecule has 1 amide bonds. The topological polar surface area (TPSA) is 49.0 Å². The number of carbonyl (C=O) groups is 1. The van der Waals surface area contributed by atoms with Crippen molar-refractivity contribution in [3.8, 4) is 11.3 Å². The number of halogens is 1. The van der Waals surface area contributed by atoms with Gasteiger partial charge in [0.2, 0.25) is 5.91 Å². The summed E-state index contributed by atoms with van der Waals surface area (Å²) in [6, 6.07) is 9.81. The monoisotopic (exact) mass is 343 g/mol. The van der Waals surface area contributed by atoms with Crippen LogP contribution in [0.3, 0.4) is 0 Å². The third-order valence-corrected chi connectivity index (χ3v) is 4.93. The van der Waals surface area contributed by atoms with Crippen molar-refractivity contribution in [2.24, 2.45) is 0 Å². The van der Waals surface area contributed by atoms with Gasteiger partial charge in [-0.15, -0.1) is 6.58 Å². The maximum Gasteiger partial charge on any atom is 0.222 e. The summed E-state index contributed by atoms with van der Waals surface area (Å²) in [6.07, 6.45) is 5.04. The van der Waals surface area contributed by atoms with E-state index in [9.17, 15) is 4.79 Å². The van der Waals surface area contributed by atoms with E-state index in [1.54, 1.807) is 6.08 Å². The largest absolute Gasteiger partial charge is 0.343 e. The summed E-state index contributed by atoms with van der Waals surface area (Å²) in [6.45, 7) is 5.29. The first kappa shape index (κ1) is 16.8. The Kier molecular flexibility index (Phi) is 5.36. The first-order valence-corrected chi connectivity index (χ1v) is 8.75. The van der Waals surface area contributed by atoms with Crippen molar-refractivity contribution in [1.82, 2.24) is 15.1 Å². The lowest BCUT2D eigenvalue weighted by atomic mass is 9.93. The van der Waals surface area contributed by atoms with Crippen molar-refractivity contribution >= 4 is 17.5 Å². The molecule has 2 heterocycles. The van der Waals surface area contributed by atoms with Crippen molar-refractivity contribution in [2.75, 3.05) is 13.1 Å². The smallest absolute Gasteiger partial charge is 0.222 e. The molecule has 1 aromatic carbocycles. The van der Waals surface area contributed by atoms with Crippen LogP contribution in [0.4, 0.5) is 0 Å². The van der Waals surface area contributed by atoms with E-state index in [1.165, 1.54) is 0 Å². The van der Waals surface area contributed by atoms with Gasteiger partial charge in [-0.05, 0) is 31.4 Å². The Balaban J connectivity index is 1.62. The SMILES string of the molecule is C=CCCC(=O)N1CCC(c2cc(-c3ccccc3Cl)n[nH]2)CC1. The Morgan fingerprint density at radius 2 is 2.12 bits per heavy atom. The average Bonchev–Trinajstić information content (AvgIpc) is 3.10. The molecule has 1 aliphatic rings. The van der Waals surface area contributed by atoms with E-state index < -0.39 is 0 Å². The van der Waals surface area contributed by atoms with E-state index in [0.717, 1.165) is 49.3 Å². The van der Waals surface area contributed by atoms with E-state index in [2.05, 4.69) is 22.8 Å². The van der Waals surface area contributed by atoms with Crippen LogP contribution in [0.2, 0.25) is 5.02 Å². The molecule has 24 heavy (non-hydrogen) atoms. The Bertz CT molecular complexity index is 717. The maximum absolute atomic E-state index is 12.1. The highest BCUT2D eigenvalue weighted by atomic mass is 35.5. The summed E-state index contributed by atoms with van der Waals surface area (Å²) in [5.74, 6) is 0.645. The number of hydrogen-bond acceptors (Lipinski definition) is 2. The molecule has 3 rings (SSSR count). The fraction of sp³-hybridized carbons (Fsp3) is 0.368. The highest BCUT2D eigenvalue weighted by Gasteiger charge is 2.24.